The van der Waals surface area contributed by atoms with Gasteiger partial charge in [0, 0.05) is 35.3 Å². The molecule has 2 aliphatic rings. The molecule has 10 heteroatoms. The van der Waals surface area contributed by atoms with Crippen LogP contribution in [0.5, 0.6) is 0 Å². The lowest BCUT2D eigenvalue weighted by Gasteiger charge is -2.28. The Morgan fingerprint density at radius 3 is 2.61 bits per heavy atom. The quantitative estimate of drug-likeness (QED) is 0.682. The third kappa shape index (κ3) is 4.40. The van der Waals surface area contributed by atoms with Crippen LogP contribution in [0.1, 0.15) is 11.1 Å². The zero-order valence-electron chi connectivity index (χ0n) is 16.8. The lowest BCUT2D eigenvalue weighted by atomic mass is 10.00. The minimum atomic E-state index is -0.987. The highest BCUT2D eigenvalue weighted by molar-refractivity contribution is 7.80. The summed E-state index contributed by atoms with van der Waals surface area (Å²) in [6.07, 6.45) is -1.60. The molecule has 1 atom stereocenters. The molecule has 31 heavy (non-hydrogen) atoms. The van der Waals surface area contributed by atoms with Crippen molar-refractivity contribution in [3.63, 3.8) is 0 Å². The summed E-state index contributed by atoms with van der Waals surface area (Å²) in [5.74, 6) is -0.283. The van der Waals surface area contributed by atoms with Crippen molar-refractivity contribution < 1.29 is 14.3 Å². The predicted molar refractivity (Wildman–Crippen MR) is 125 cm³/mol. The number of hydrogen-bond donors (Lipinski definition) is 1. The van der Waals surface area contributed by atoms with Crippen molar-refractivity contribution in [2.75, 3.05) is 32.2 Å². The zero-order valence-corrected chi connectivity index (χ0v) is 19.2. The molecule has 2 aliphatic heterocycles. The van der Waals surface area contributed by atoms with E-state index < -0.39 is 12.6 Å². The average Bonchev–Trinajstić information content (AvgIpc) is 3.27. The number of carbonyl (C=O) groups excluding carboxylic acids is 1. The van der Waals surface area contributed by atoms with E-state index in [9.17, 15) is 4.79 Å². The second kappa shape index (κ2) is 9.10. The summed E-state index contributed by atoms with van der Waals surface area (Å²) in [7, 11) is 3.41. The fraction of sp³-hybridized carbons (Fsp3) is 0.286. The molecule has 1 amide bonds. The number of benzodiazepines with no additional fused rings is 1. The van der Waals surface area contributed by atoms with Gasteiger partial charge in [0.15, 0.2) is 5.11 Å². The van der Waals surface area contributed by atoms with E-state index in [-0.39, 0.29) is 11.0 Å². The molecule has 1 unspecified atom stereocenters. The summed E-state index contributed by atoms with van der Waals surface area (Å²) in [4.78, 5) is 21.2. The van der Waals surface area contributed by atoms with E-state index in [4.69, 9.17) is 49.9 Å². The monoisotopic (exact) mass is 478 g/mol. The number of nitrogens with one attached hydrogen (secondary N) is 1. The summed E-state index contributed by atoms with van der Waals surface area (Å²) < 4.78 is 11.0. The molecule has 2 heterocycles. The maximum absolute atomic E-state index is 13.3. The number of thiocarbonyl (C=S) groups is 1. The number of rotatable bonds is 3. The van der Waals surface area contributed by atoms with E-state index in [0.717, 1.165) is 0 Å². The van der Waals surface area contributed by atoms with Gasteiger partial charge in [-0.05, 0) is 36.5 Å². The first-order chi connectivity index (χ1) is 14.9. The van der Waals surface area contributed by atoms with E-state index >= 15 is 0 Å². The number of likely N-dealkylation sites (N-methyl/N-ethyl adjacent to an activating group) is 1. The van der Waals surface area contributed by atoms with Crippen LogP contribution in [0, 0.1) is 0 Å². The van der Waals surface area contributed by atoms with Crippen molar-refractivity contribution >= 4 is 57.8 Å². The van der Waals surface area contributed by atoms with Crippen LogP contribution in [-0.4, -0.2) is 61.5 Å². The molecule has 1 N–H and O–H groups in total. The Kier molecular flexibility index (Phi) is 6.45. The van der Waals surface area contributed by atoms with Gasteiger partial charge in [0.05, 0.1) is 24.6 Å². The van der Waals surface area contributed by atoms with Gasteiger partial charge in [-0.15, -0.1) is 0 Å². The summed E-state index contributed by atoms with van der Waals surface area (Å²) in [6.45, 7) is 0.960. The van der Waals surface area contributed by atoms with Gasteiger partial charge >= 0.3 is 0 Å². The number of benzene rings is 2. The second-order valence-corrected chi connectivity index (χ2v) is 8.26. The van der Waals surface area contributed by atoms with Crippen molar-refractivity contribution in [3.05, 3.63) is 63.6 Å². The summed E-state index contributed by atoms with van der Waals surface area (Å²) in [5.41, 5.74) is 2.59. The number of carbonyl (C=O) groups is 1. The van der Waals surface area contributed by atoms with Crippen LogP contribution >= 0.6 is 35.4 Å². The zero-order chi connectivity index (χ0) is 22.1. The molecule has 1 fully saturated rings. The van der Waals surface area contributed by atoms with Gasteiger partial charge in [0.1, 0.15) is 0 Å². The highest BCUT2D eigenvalue weighted by Gasteiger charge is 2.33. The normalized spacial score (nSPS) is 19.0. The van der Waals surface area contributed by atoms with E-state index in [1.165, 1.54) is 4.90 Å². The van der Waals surface area contributed by atoms with Crippen LogP contribution in [0.3, 0.4) is 0 Å². The third-order valence-electron chi connectivity index (χ3n) is 5.03. The number of aliphatic imine (C=N–C) groups is 1. The number of halogens is 2. The highest BCUT2D eigenvalue weighted by Crippen LogP contribution is 2.31. The van der Waals surface area contributed by atoms with E-state index in [1.54, 1.807) is 43.3 Å². The molecule has 162 valence electrons. The van der Waals surface area contributed by atoms with Gasteiger partial charge in [-0.1, -0.05) is 41.4 Å². The van der Waals surface area contributed by atoms with Crippen LogP contribution < -0.4 is 10.2 Å². The van der Waals surface area contributed by atoms with Gasteiger partial charge in [0.2, 0.25) is 12.6 Å². The Hall–Kier alpha value is -2.23. The van der Waals surface area contributed by atoms with E-state index in [2.05, 4.69) is 5.32 Å². The molecular weight excluding hydrogens is 459 g/mol. The van der Waals surface area contributed by atoms with Crippen LogP contribution in [0.4, 0.5) is 5.69 Å². The standard InChI is InChI=1S/C21H20Cl2N4O3S/c1-26-16-8-7-12(22)11-14(16)17(13-5-3-4-6-15(13)23)24-18(19(26)28)25-20(31)27(2)21-29-9-10-30-21/h3-8,11,18,21H,9-10H2,1-2H3,(H,25,31). The summed E-state index contributed by atoms with van der Waals surface area (Å²) >= 11 is 18.2. The van der Waals surface area contributed by atoms with E-state index in [0.29, 0.717) is 45.8 Å². The van der Waals surface area contributed by atoms with Crippen LogP contribution in [-0.2, 0) is 14.3 Å². The first kappa shape index (κ1) is 22.0. The van der Waals surface area contributed by atoms with Crippen LogP contribution in [0.2, 0.25) is 10.0 Å². The number of nitrogens with zero attached hydrogens (tertiary/aromatic N) is 3. The minimum absolute atomic E-state index is 0.268. The Balaban J connectivity index is 1.76. The molecule has 0 aromatic heterocycles. The van der Waals surface area contributed by atoms with Crippen molar-refractivity contribution in [1.29, 1.82) is 0 Å². The predicted octanol–water partition coefficient (Wildman–Crippen LogP) is 3.27. The Morgan fingerprint density at radius 1 is 1.19 bits per heavy atom. The third-order valence-corrected chi connectivity index (χ3v) is 6.00. The fourth-order valence-corrected chi connectivity index (χ4v) is 3.99. The first-order valence-electron chi connectivity index (χ1n) is 9.53. The Bertz CT molecular complexity index is 1060. The Labute approximate surface area is 195 Å². The van der Waals surface area contributed by atoms with Gasteiger partial charge in [-0.2, -0.15) is 0 Å². The number of amides is 1. The number of fused-ring (bicyclic) bond motifs is 1. The molecule has 0 radical (unpaired) electrons. The Morgan fingerprint density at radius 2 is 1.90 bits per heavy atom. The smallest absolute Gasteiger partial charge is 0.272 e. The molecule has 4 rings (SSSR count). The summed E-state index contributed by atoms with van der Waals surface area (Å²) in [5, 5.41) is 4.33. The molecule has 1 saturated heterocycles. The van der Waals surface area contributed by atoms with Crippen LogP contribution in [0.25, 0.3) is 0 Å². The van der Waals surface area contributed by atoms with Crippen molar-refractivity contribution in [3.8, 4) is 0 Å². The van der Waals surface area contributed by atoms with Gasteiger partial charge in [-0.3, -0.25) is 4.79 Å². The molecule has 0 aliphatic carbocycles. The van der Waals surface area contributed by atoms with E-state index in [1.807, 2.05) is 18.2 Å². The van der Waals surface area contributed by atoms with Crippen molar-refractivity contribution in [2.45, 2.75) is 12.6 Å². The maximum Gasteiger partial charge on any atom is 0.272 e. The first-order valence-corrected chi connectivity index (χ1v) is 10.7. The molecule has 0 bridgehead atoms. The van der Waals surface area contributed by atoms with Gasteiger partial charge in [-0.25, -0.2) is 4.99 Å². The van der Waals surface area contributed by atoms with Crippen LogP contribution in [0.15, 0.2) is 47.5 Å². The van der Waals surface area contributed by atoms with Gasteiger partial charge < -0.3 is 24.6 Å². The number of ether oxygens (including phenoxy) is 2. The second-order valence-electron chi connectivity index (χ2n) is 7.03. The summed E-state index contributed by atoms with van der Waals surface area (Å²) in [6, 6.07) is 12.6. The molecule has 2 aromatic carbocycles. The topological polar surface area (TPSA) is 66.4 Å². The molecule has 7 nitrogen and oxygen atoms in total. The van der Waals surface area contributed by atoms with Crippen molar-refractivity contribution in [1.82, 2.24) is 10.2 Å². The molecule has 0 spiro atoms. The average molecular weight is 479 g/mol. The van der Waals surface area contributed by atoms with Gasteiger partial charge in [0.25, 0.3) is 5.91 Å². The number of hydrogen-bond acceptors (Lipinski definition) is 5. The molecule has 0 saturated carbocycles. The largest absolute Gasteiger partial charge is 0.333 e. The highest BCUT2D eigenvalue weighted by atomic mass is 35.5. The molecule has 2 aromatic rings. The number of anilines is 1. The lowest BCUT2D eigenvalue weighted by Crippen LogP contribution is -2.52. The lowest BCUT2D eigenvalue weighted by molar-refractivity contribution is -0.121. The van der Waals surface area contributed by atoms with Crippen molar-refractivity contribution in [2.24, 2.45) is 4.99 Å². The maximum atomic E-state index is 13.3. The molecular formula is C21H20Cl2N4O3S. The SMILES string of the molecule is CN1C(=O)C(NC(=S)N(C)C2OCCO2)N=C(c2ccccc2Cl)c2cc(Cl)ccc21. The fourth-order valence-electron chi connectivity index (χ4n) is 3.39. The minimum Gasteiger partial charge on any atom is -0.333 e.